The number of hydrogen-bond donors (Lipinski definition) is 1. The number of likely N-dealkylation sites (tertiary alicyclic amines) is 1. The molecule has 3 heterocycles. The highest BCUT2D eigenvalue weighted by atomic mass is 16.2. The van der Waals surface area contributed by atoms with E-state index in [4.69, 9.17) is 4.98 Å². The van der Waals surface area contributed by atoms with Crippen LogP contribution in [0.4, 0.5) is 5.95 Å². The van der Waals surface area contributed by atoms with E-state index in [1.54, 1.807) is 0 Å². The van der Waals surface area contributed by atoms with Crippen LogP contribution in [0.25, 0.3) is 0 Å². The molecule has 0 atom stereocenters. The molecular formula is C26H31N5O. The van der Waals surface area contributed by atoms with Crippen molar-refractivity contribution in [3.8, 4) is 0 Å². The summed E-state index contributed by atoms with van der Waals surface area (Å²) in [5.41, 5.74) is 5.52. The summed E-state index contributed by atoms with van der Waals surface area (Å²) in [6.45, 7) is 6.02. The van der Waals surface area contributed by atoms with Crippen LogP contribution < -0.4 is 5.32 Å². The van der Waals surface area contributed by atoms with Crippen molar-refractivity contribution >= 4 is 11.9 Å². The van der Waals surface area contributed by atoms with E-state index < -0.39 is 0 Å². The average molecular weight is 430 g/mol. The maximum Gasteiger partial charge on any atom is 0.224 e. The molecule has 0 spiro atoms. The lowest BCUT2D eigenvalue weighted by atomic mass is 9.92. The summed E-state index contributed by atoms with van der Waals surface area (Å²) >= 11 is 0. The summed E-state index contributed by atoms with van der Waals surface area (Å²) in [5, 5.41) is 3.17. The Morgan fingerprint density at radius 3 is 2.38 bits per heavy atom. The predicted octanol–water partition coefficient (Wildman–Crippen LogP) is 4.29. The maximum atomic E-state index is 12.6. The number of nitrogens with one attached hydrogen (secondary N) is 1. The van der Waals surface area contributed by atoms with Crippen LogP contribution in [-0.4, -0.2) is 45.4 Å². The quantitative estimate of drug-likeness (QED) is 0.607. The minimum Gasteiger partial charge on any atom is -0.354 e. The lowest BCUT2D eigenvalue weighted by Gasteiger charge is -2.32. The first-order valence-electron chi connectivity index (χ1n) is 11.4. The van der Waals surface area contributed by atoms with Crippen LogP contribution >= 0.6 is 0 Å². The molecule has 6 heteroatoms. The highest BCUT2D eigenvalue weighted by Gasteiger charge is 2.24. The zero-order valence-electron chi connectivity index (χ0n) is 18.9. The zero-order valence-corrected chi connectivity index (χ0v) is 18.9. The molecule has 0 saturated carbocycles. The number of hydrogen-bond acceptors (Lipinski definition) is 5. The Balaban J connectivity index is 1.22. The van der Waals surface area contributed by atoms with Crippen molar-refractivity contribution in [3.05, 3.63) is 82.9 Å². The van der Waals surface area contributed by atoms with E-state index >= 15 is 0 Å². The Morgan fingerprint density at radius 2 is 1.72 bits per heavy atom. The van der Waals surface area contributed by atoms with Gasteiger partial charge in [-0.05, 0) is 56.4 Å². The Kier molecular flexibility index (Phi) is 7.10. The third-order valence-electron chi connectivity index (χ3n) is 5.97. The molecule has 0 unspecified atom stereocenters. The molecular weight excluding hydrogens is 398 g/mol. The first kappa shape index (κ1) is 21.9. The second-order valence-corrected chi connectivity index (χ2v) is 8.56. The van der Waals surface area contributed by atoms with Crippen molar-refractivity contribution in [3.63, 3.8) is 0 Å². The van der Waals surface area contributed by atoms with Crippen LogP contribution in [-0.2, 0) is 11.2 Å². The molecule has 0 aliphatic carbocycles. The molecule has 6 nitrogen and oxygen atoms in total. The summed E-state index contributed by atoms with van der Waals surface area (Å²) in [6.07, 6.45) is 5.28. The van der Waals surface area contributed by atoms with Crippen molar-refractivity contribution in [2.24, 2.45) is 0 Å². The normalized spacial score (nSPS) is 14.4. The van der Waals surface area contributed by atoms with Gasteiger partial charge in [-0.25, -0.2) is 9.97 Å². The number of anilines is 1. The number of benzene rings is 1. The molecule has 1 aromatic carbocycles. The Labute approximate surface area is 190 Å². The smallest absolute Gasteiger partial charge is 0.224 e. The van der Waals surface area contributed by atoms with E-state index in [1.165, 1.54) is 11.1 Å². The predicted molar refractivity (Wildman–Crippen MR) is 127 cm³/mol. The number of rotatable bonds is 7. The van der Waals surface area contributed by atoms with Gasteiger partial charge in [0.2, 0.25) is 11.9 Å². The lowest BCUT2D eigenvalue weighted by Crippen LogP contribution is -2.38. The molecule has 32 heavy (non-hydrogen) atoms. The molecule has 4 rings (SSSR count). The van der Waals surface area contributed by atoms with Gasteiger partial charge in [-0.2, -0.15) is 0 Å². The number of carbonyl (C=O) groups is 1. The molecule has 1 aliphatic heterocycles. The van der Waals surface area contributed by atoms with Crippen LogP contribution in [0.1, 0.15) is 53.4 Å². The summed E-state index contributed by atoms with van der Waals surface area (Å²) in [5.74, 6) is 1.20. The number of piperidine rings is 1. The SMILES string of the molecule is Cc1cc(C)nc(NCCC(=O)N2CCC(c3ccc(Cc4ccccc4)cn3)CC2)n1. The number of aromatic nitrogens is 3. The fourth-order valence-corrected chi connectivity index (χ4v) is 4.28. The minimum atomic E-state index is 0.187. The molecule has 0 radical (unpaired) electrons. The van der Waals surface area contributed by atoms with Gasteiger partial charge < -0.3 is 10.2 Å². The van der Waals surface area contributed by atoms with E-state index in [0.717, 1.165) is 49.4 Å². The van der Waals surface area contributed by atoms with Gasteiger partial charge in [0.05, 0.1) is 0 Å². The van der Waals surface area contributed by atoms with Gasteiger partial charge in [-0.3, -0.25) is 9.78 Å². The third-order valence-corrected chi connectivity index (χ3v) is 5.97. The van der Waals surface area contributed by atoms with Crippen LogP contribution in [0, 0.1) is 13.8 Å². The van der Waals surface area contributed by atoms with Gasteiger partial charge in [0.1, 0.15) is 0 Å². The van der Waals surface area contributed by atoms with Gasteiger partial charge in [-0.15, -0.1) is 0 Å². The van der Waals surface area contributed by atoms with E-state index in [0.29, 0.717) is 24.8 Å². The fraction of sp³-hybridized carbons (Fsp3) is 0.385. The summed E-state index contributed by atoms with van der Waals surface area (Å²) in [7, 11) is 0. The number of amides is 1. The van der Waals surface area contributed by atoms with Crippen LogP contribution in [0.2, 0.25) is 0 Å². The van der Waals surface area contributed by atoms with Crippen LogP contribution in [0.3, 0.4) is 0 Å². The second kappa shape index (κ2) is 10.4. The molecule has 0 bridgehead atoms. The van der Waals surface area contributed by atoms with E-state index in [9.17, 15) is 4.79 Å². The standard InChI is InChI=1S/C26H31N5O/c1-19-16-20(2)30-26(29-19)27-13-10-25(32)31-14-11-23(12-15-31)24-9-8-22(18-28-24)17-21-6-4-3-5-7-21/h3-9,16,18,23H,10-15,17H2,1-2H3,(H,27,29,30). The Bertz CT molecular complexity index is 1010. The number of pyridine rings is 1. The van der Waals surface area contributed by atoms with Crippen molar-refractivity contribution < 1.29 is 4.79 Å². The fourth-order valence-electron chi connectivity index (χ4n) is 4.28. The molecule has 2 aromatic heterocycles. The van der Waals surface area contributed by atoms with Crippen molar-refractivity contribution in [1.29, 1.82) is 0 Å². The van der Waals surface area contributed by atoms with Crippen LogP contribution in [0.15, 0.2) is 54.7 Å². The minimum absolute atomic E-state index is 0.187. The number of nitrogens with zero attached hydrogens (tertiary/aromatic N) is 4. The Hall–Kier alpha value is -3.28. The molecule has 1 fully saturated rings. The topological polar surface area (TPSA) is 71.0 Å². The largest absolute Gasteiger partial charge is 0.354 e. The lowest BCUT2D eigenvalue weighted by molar-refractivity contribution is -0.131. The van der Waals surface area contributed by atoms with Gasteiger partial charge in [-0.1, -0.05) is 36.4 Å². The summed E-state index contributed by atoms with van der Waals surface area (Å²) in [4.78, 5) is 28.1. The van der Waals surface area contributed by atoms with E-state index in [-0.39, 0.29) is 5.91 Å². The van der Waals surface area contributed by atoms with Crippen molar-refractivity contribution in [2.45, 2.75) is 45.4 Å². The highest BCUT2D eigenvalue weighted by molar-refractivity contribution is 5.76. The van der Waals surface area contributed by atoms with E-state index in [2.05, 4.69) is 51.7 Å². The molecule has 166 valence electrons. The maximum absolute atomic E-state index is 12.6. The first-order valence-corrected chi connectivity index (χ1v) is 11.4. The van der Waals surface area contributed by atoms with Gasteiger partial charge in [0.15, 0.2) is 0 Å². The van der Waals surface area contributed by atoms with Gasteiger partial charge >= 0.3 is 0 Å². The van der Waals surface area contributed by atoms with Crippen LogP contribution in [0.5, 0.6) is 0 Å². The third kappa shape index (κ3) is 5.90. The zero-order chi connectivity index (χ0) is 22.3. The highest BCUT2D eigenvalue weighted by Crippen LogP contribution is 2.27. The molecule has 3 aromatic rings. The second-order valence-electron chi connectivity index (χ2n) is 8.56. The van der Waals surface area contributed by atoms with Crippen molar-refractivity contribution in [1.82, 2.24) is 19.9 Å². The molecule has 1 amide bonds. The Morgan fingerprint density at radius 1 is 1.00 bits per heavy atom. The summed E-state index contributed by atoms with van der Waals surface area (Å²) in [6, 6.07) is 16.8. The van der Waals surface area contributed by atoms with Gasteiger partial charge in [0.25, 0.3) is 0 Å². The van der Waals surface area contributed by atoms with E-state index in [1.807, 2.05) is 37.1 Å². The first-order chi connectivity index (χ1) is 15.6. The number of carbonyl (C=O) groups excluding carboxylic acids is 1. The summed E-state index contributed by atoms with van der Waals surface area (Å²) < 4.78 is 0. The number of aryl methyl sites for hydroxylation is 2. The molecule has 1 aliphatic rings. The average Bonchev–Trinajstić information content (AvgIpc) is 2.80. The monoisotopic (exact) mass is 429 g/mol. The molecule has 1 N–H and O–H groups in total. The van der Waals surface area contributed by atoms with Gasteiger partial charge in [0, 0.05) is 55.3 Å². The molecule has 1 saturated heterocycles. The van der Waals surface area contributed by atoms with Crippen molar-refractivity contribution in [2.75, 3.05) is 25.0 Å².